The Kier molecular flexibility index (Phi) is 6.97. The van der Waals surface area contributed by atoms with Crippen molar-refractivity contribution < 1.29 is 34.1 Å². The van der Waals surface area contributed by atoms with E-state index in [-0.39, 0.29) is 12.0 Å². The van der Waals surface area contributed by atoms with Gasteiger partial charge in [-0.05, 0) is 6.07 Å². The zero-order chi connectivity index (χ0) is 14.8. The molecule has 0 saturated heterocycles. The molecule has 1 rings (SSSR count). The Morgan fingerprint density at radius 2 is 1.79 bits per heavy atom. The van der Waals surface area contributed by atoms with E-state index in [0.29, 0.717) is 0 Å². The molecule has 0 spiro atoms. The maximum atomic E-state index is 10.3. The molecule has 0 amide bonds. The first-order valence-electron chi connectivity index (χ1n) is 4.76. The Bertz CT molecular complexity index is 519. The highest BCUT2D eigenvalue weighted by Gasteiger charge is 2.00. The number of aromatic carboxylic acids is 1. The van der Waals surface area contributed by atoms with Gasteiger partial charge in [-0.25, -0.2) is 14.4 Å². The number of aliphatic carboxylic acids is 2. The summed E-state index contributed by atoms with van der Waals surface area (Å²) in [5.74, 6) is -3.27. The van der Waals surface area contributed by atoms with Crippen molar-refractivity contribution in [2.75, 3.05) is 0 Å². The van der Waals surface area contributed by atoms with Crippen molar-refractivity contribution >= 4 is 17.9 Å². The van der Waals surface area contributed by atoms with Crippen molar-refractivity contribution in [3.05, 3.63) is 46.5 Å². The number of carbonyl (C=O) groups is 3. The lowest BCUT2D eigenvalue weighted by molar-refractivity contribution is -0.136. The fraction of sp³-hybridized carbons (Fsp3) is 0.0909. The van der Waals surface area contributed by atoms with Crippen molar-refractivity contribution in [3.8, 4) is 0 Å². The summed E-state index contributed by atoms with van der Waals surface area (Å²) in [7, 11) is 0. The summed E-state index contributed by atoms with van der Waals surface area (Å²) in [5, 5.41) is 24.2. The SMILES string of the molecule is O=C(O)C=CCC(=O)O.O=C(O)c1ccc(=O)oc1. The van der Waals surface area contributed by atoms with Crippen LogP contribution in [0.25, 0.3) is 0 Å². The van der Waals surface area contributed by atoms with Crippen molar-refractivity contribution in [1.29, 1.82) is 0 Å². The lowest BCUT2D eigenvalue weighted by atomic mass is 10.3. The first-order chi connectivity index (χ1) is 8.82. The Balaban J connectivity index is 0.000000344. The molecule has 0 aliphatic heterocycles. The summed E-state index contributed by atoms with van der Waals surface area (Å²) in [4.78, 5) is 39.9. The zero-order valence-electron chi connectivity index (χ0n) is 9.48. The monoisotopic (exact) mass is 270 g/mol. The average Bonchev–Trinajstić information content (AvgIpc) is 2.29. The molecule has 0 aliphatic rings. The van der Waals surface area contributed by atoms with Gasteiger partial charge >= 0.3 is 23.5 Å². The standard InChI is InChI=1S/C6H4O4.C5H6O4/c7-5-2-1-4(3-10-5)6(8)9;6-4(7)2-1-3-5(8)9/h1-3H,(H,8,9);1-2H,3H2,(H,6,7)(H,8,9). The highest BCUT2D eigenvalue weighted by atomic mass is 16.4. The van der Waals surface area contributed by atoms with Gasteiger partial charge in [0.2, 0.25) is 0 Å². The first kappa shape index (κ1) is 16.1. The second-order valence-electron chi connectivity index (χ2n) is 2.99. The average molecular weight is 270 g/mol. The molecule has 3 N–H and O–H groups in total. The highest BCUT2D eigenvalue weighted by Crippen LogP contribution is 1.92. The van der Waals surface area contributed by atoms with Gasteiger partial charge in [0, 0.05) is 12.1 Å². The van der Waals surface area contributed by atoms with Gasteiger partial charge in [0.25, 0.3) is 0 Å². The van der Waals surface area contributed by atoms with E-state index in [0.717, 1.165) is 24.5 Å². The van der Waals surface area contributed by atoms with Crippen molar-refractivity contribution in [2.24, 2.45) is 0 Å². The third-order valence-corrected chi connectivity index (χ3v) is 1.50. The quantitative estimate of drug-likeness (QED) is 0.669. The number of carboxylic acid groups (broad SMARTS) is 3. The minimum Gasteiger partial charge on any atom is -0.481 e. The summed E-state index contributed by atoms with van der Waals surface area (Å²) in [5.41, 5.74) is -0.579. The molecule has 1 heterocycles. The molecule has 8 nitrogen and oxygen atoms in total. The fourth-order valence-electron chi connectivity index (χ4n) is 0.740. The van der Waals surface area contributed by atoms with Gasteiger partial charge in [-0.3, -0.25) is 4.79 Å². The van der Waals surface area contributed by atoms with Crippen LogP contribution in [0.5, 0.6) is 0 Å². The van der Waals surface area contributed by atoms with Crippen LogP contribution < -0.4 is 5.63 Å². The minimum absolute atomic E-state index is 0.0281. The van der Waals surface area contributed by atoms with Gasteiger partial charge in [0.1, 0.15) is 6.26 Å². The van der Waals surface area contributed by atoms with Gasteiger partial charge < -0.3 is 19.7 Å². The highest BCUT2D eigenvalue weighted by molar-refractivity contribution is 5.86. The van der Waals surface area contributed by atoms with E-state index in [1.165, 1.54) is 6.07 Å². The molecule has 0 aromatic carbocycles. The number of carboxylic acids is 3. The largest absolute Gasteiger partial charge is 0.481 e. The normalized spacial score (nSPS) is 9.47. The predicted octanol–water partition coefficient (Wildman–Crippen LogP) is 0.440. The smallest absolute Gasteiger partial charge is 0.338 e. The molecule has 102 valence electrons. The molecule has 1 aromatic heterocycles. The van der Waals surface area contributed by atoms with Crippen LogP contribution in [-0.2, 0) is 9.59 Å². The van der Waals surface area contributed by atoms with Gasteiger partial charge in [-0.1, -0.05) is 6.08 Å². The Hall–Kier alpha value is -2.90. The summed E-state index contributed by atoms with van der Waals surface area (Å²) in [6.45, 7) is 0. The Morgan fingerprint density at radius 1 is 1.16 bits per heavy atom. The molecule has 0 unspecified atom stereocenters. The second kappa shape index (κ2) is 8.23. The van der Waals surface area contributed by atoms with Gasteiger partial charge in [0.05, 0.1) is 12.0 Å². The molecular formula is C11H10O8. The van der Waals surface area contributed by atoms with Crippen LogP contribution in [0.4, 0.5) is 0 Å². The zero-order valence-corrected chi connectivity index (χ0v) is 9.48. The lowest BCUT2D eigenvalue weighted by Gasteiger charge is -1.87. The summed E-state index contributed by atoms with van der Waals surface area (Å²) >= 11 is 0. The van der Waals surface area contributed by atoms with Crippen LogP contribution in [0, 0.1) is 0 Å². The van der Waals surface area contributed by atoms with E-state index in [4.69, 9.17) is 15.3 Å². The van der Waals surface area contributed by atoms with Gasteiger partial charge in [-0.15, -0.1) is 0 Å². The van der Waals surface area contributed by atoms with E-state index in [2.05, 4.69) is 4.42 Å². The third kappa shape index (κ3) is 8.86. The molecule has 8 heteroatoms. The molecule has 1 aromatic rings. The Labute approximate surface area is 106 Å². The van der Waals surface area contributed by atoms with Crippen LogP contribution in [0.15, 0.2) is 39.8 Å². The molecule has 0 bridgehead atoms. The van der Waals surface area contributed by atoms with Crippen LogP contribution in [0.3, 0.4) is 0 Å². The number of rotatable bonds is 4. The molecular weight excluding hydrogens is 260 g/mol. The van der Waals surface area contributed by atoms with E-state index in [9.17, 15) is 19.2 Å². The minimum atomic E-state index is -1.13. The van der Waals surface area contributed by atoms with Crippen molar-refractivity contribution in [3.63, 3.8) is 0 Å². The lowest BCUT2D eigenvalue weighted by Crippen LogP contribution is -2.00. The van der Waals surface area contributed by atoms with Gasteiger partial charge in [0.15, 0.2) is 0 Å². The van der Waals surface area contributed by atoms with Crippen LogP contribution >= 0.6 is 0 Å². The number of hydrogen-bond acceptors (Lipinski definition) is 5. The van der Waals surface area contributed by atoms with E-state index in [1.807, 2.05) is 0 Å². The molecule has 0 atom stereocenters. The van der Waals surface area contributed by atoms with E-state index < -0.39 is 23.5 Å². The van der Waals surface area contributed by atoms with Crippen molar-refractivity contribution in [1.82, 2.24) is 0 Å². The summed E-state index contributed by atoms with van der Waals surface area (Å²) in [6, 6.07) is 2.25. The van der Waals surface area contributed by atoms with E-state index >= 15 is 0 Å². The summed E-state index contributed by atoms with van der Waals surface area (Å²) < 4.78 is 4.28. The molecule has 0 aliphatic carbocycles. The molecule has 0 fully saturated rings. The maximum Gasteiger partial charge on any atom is 0.338 e. The third-order valence-electron chi connectivity index (χ3n) is 1.50. The van der Waals surface area contributed by atoms with Crippen LogP contribution in [0.2, 0.25) is 0 Å². The van der Waals surface area contributed by atoms with Crippen molar-refractivity contribution in [2.45, 2.75) is 6.42 Å². The Morgan fingerprint density at radius 3 is 2.16 bits per heavy atom. The van der Waals surface area contributed by atoms with Gasteiger partial charge in [-0.2, -0.15) is 0 Å². The van der Waals surface area contributed by atoms with Crippen LogP contribution in [-0.4, -0.2) is 33.2 Å². The molecule has 19 heavy (non-hydrogen) atoms. The topological polar surface area (TPSA) is 142 Å². The molecule has 0 radical (unpaired) electrons. The predicted molar refractivity (Wildman–Crippen MR) is 61.0 cm³/mol. The van der Waals surface area contributed by atoms with E-state index in [1.54, 1.807) is 0 Å². The van der Waals surface area contributed by atoms with Crippen LogP contribution in [0.1, 0.15) is 16.8 Å². The maximum absolute atomic E-state index is 10.3. The first-order valence-corrected chi connectivity index (χ1v) is 4.76. The molecule has 0 saturated carbocycles. The number of hydrogen-bond donors (Lipinski definition) is 3. The second-order valence-corrected chi connectivity index (χ2v) is 2.99. The summed E-state index contributed by atoms with van der Waals surface area (Å²) in [6.07, 6.45) is 2.54. The fourth-order valence-corrected chi connectivity index (χ4v) is 0.740.